The van der Waals surface area contributed by atoms with Crippen LogP contribution in [-0.4, -0.2) is 32.6 Å². The smallest absolute Gasteiger partial charge is 0.271 e. The van der Waals surface area contributed by atoms with Crippen LogP contribution in [0, 0.1) is 18.3 Å². The molecule has 4 aromatic rings. The average Bonchev–Trinajstić information content (AvgIpc) is 3.39. The number of nitrogens with zero attached hydrogens (tertiary/aromatic N) is 5. The number of ether oxygens (including phenoxy) is 1. The monoisotopic (exact) mass is 465 g/mol. The highest BCUT2D eigenvalue weighted by Gasteiger charge is 2.21. The van der Waals surface area contributed by atoms with E-state index < -0.39 is 5.91 Å². The molecule has 1 unspecified atom stereocenters. The maximum Gasteiger partial charge on any atom is 0.271 e. The number of aryl methyl sites for hydroxylation is 1. The topological polar surface area (TPSA) is 102 Å². The van der Waals surface area contributed by atoms with Gasteiger partial charge in [0.1, 0.15) is 17.4 Å². The number of pyridine rings is 2. The fourth-order valence-corrected chi connectivity index (χ4v) is 4.33. The van der Waals surface area contributed by atoms with Crippen LogP contribution in [0.4, 0.5) is 0 Å². The van der Waals surface area contributed by atoms with Gasteiger partial charge in [0, 0.05) is 18.9 Å². The SMILES string of the molecule is Cc1cccn2c(=O)c3cc(C#N)c(=NC(=O)C=Cc4ccccc4)n(CC4CCCO4)c3nc12. The van der Waals surface area contributed by atoms with Crippen molar-refractivity contribution in [3.63, 3.8) is 0 Å². The molecule has 5 rings (SSSR count). The van der Waals surface area contributed by atoms with Gasteiger partial charge < -0.3 is 9.30 Å². The summed E-state index contributed by atoms with van der Waals surface area (Å²) in [7, 11) is 0. The number of hydrogen-bond donors (Lipinski definition) is 0. The maximum atomic E-state index is 13.4. The maximum absolute atomic E-state index is 13.4. The first-order valence-corrected chi connectivity index (χ1v) is 11.4. The van der Waals surface area contributed by atoms with Crippen molar-refractivity contribution < 1.29 is 9.53 Å². The fraction of sp³-hybridized carbons (Fsp3) is 0.222. The second kappa shape index (κ2) is 9.49. The molecule has 0 aliphatic carbocycles. The van der Waals surface area contributed by atoms with Crippen molar-refractivity contribution in [2.45, 2.75) is 32.4 Å². The van der Waals surface area contributed by atoms with Gasteiger partial charge in [0.2, 0.25) is 0 Å². The van der Waals surface area contributed by atoms with Crippen LogP contribution in [0.15, 0.2) is 70.6 Å². The molecule has 0 N–H and O–H groups in total. The molecular weight excluding hydrogens is 442 g/mol. The zero-order valence-corrected chi connectivity index (χ0v) is 19.2. The first-order chi connectivity index (χ1) is 17.0. The van der Waals surface area contributed by atoms with E-state index >= 15 is 0 Å². The Morgan fingerprint density at radius 1 is 1.26 bits per heavy atom. The van der Waals surface area contributed by atoms with Crippen molar-refractivity contribution in [1.29, 1.82) is 5.26 Å². The van der Waals surface area contributed by atoms with Crippen molar-refractivity contribution >= 4 is 28.7 Å². The van der Waals surface area contributed by atoms with Crippen LogP contribution in [0.2, 0.25) is 0 Å². The van der Waals surface area contributed by atoms with Crippen LogP contribution in [0.1, 0.15) is 29.5 Å². The quantitative estimate of drug-likeness (QED) is 0.340. The summed E-state index contributed by atoms with van der Waals surface area (Å²) in [6, 6.07) is 16.7. The lowest BCUT2D eigenvalue weighted by Gasteiger charge is -2.17. The molecule has 1 aromatic carbocycles. The number of amides is 1. The third kappa shape index (κ3) is 4.42. The molecule has 0 radical (unpaired) electrons. The minimum absolute atomic E-state index is 0.127. The van der Waals surface area contributed by atoms with Crippen LogP contribution in [0.3, 0.4) is 0 Å². The van der Waals surface area contributed by atoms with Gasteiger partial charge in [-0.25, -0.2) is 4.98 Å². The van der Waals surface area contributed by atoms with Gasteiger partial charge in [0.25, 0.3) is 11.5 Å². The Bertz CT molecular complexity index is 1640. The first-order valence-electron chi connectivity index (χ1n) is 11.4. The normalized spacial score (nSPS) is 16.3. The van der Waals surface area contributed by atoms with E-state index in [1.54, 1.807) is 22.9 Å². The lowest BCUT2D eigenvalue weighted by atomic mass is 10.2. The molecule has 1 aliphatic rings. The summed E-state index contributed by atoms with van der Waals surface area (Å²) in [6.45, 7) is 2.85. The molecule has 0 spiro atoms. The van der Waals surface area contributed by atoms with Crippen LogP contribution in [0.5, 0.6) is 0 Å². The molecule has 1 amide bonds. The summed E-state index contributed by atoms with van der Waals surface area (Å²) in [5, 5.41) is 10.2. The van der Waals surface area contributed by atoms with Crippen molar-refractivity contribution in [1.82, 2.24) is 14.0 Å². The molecule has 0 saturated carbocycles. The van der Waals surface area contributed by atoms with Gasteiger partial charge in [0.15, 0.2) is 5.49 Å². The van der Waals surface area contributed by atoms with E-state index in [0.29, 0.717) is 24.4 Å². The number of fused-ring (bicyclic) bond motifs is 2. The van der Waals surface area contributed by atoms with Gasteiger partial charge in [-0.2, -0.15) is 10.3 Å². The molecular formula is C27H23N5O3. The number of hydrogen-bond acceptors (Lipinski definition) is 5. The predicted molar refractivity (Wildman–Crippen MR) is 131 cm³/mol. The lowest BCUT2D eigenvalue weighted by Crippen LogP contribution is -2.32. The molecule has 1 aliphatic heterocycles. The Balaban J connectivity index is 1.76. The number of benzene rings is 1. The lowest BCUT2D eigenvalue weighted by molar-refractivity contribution is -0.113. The summed E-state index contributed by atoms with van der Waals surface area (Å²) in [5.74, 6) is -0.514. The van der Waals surface area contributed by atoms with Crippen LogP contribution >= 0.6 is 0 Å². The zero-order valence-electron chi connectivity index (χ0n) is 19.2. The van der Waals surface area contributed by atoms with Crippen LogP contribution in [0.25, 0.3) is 22.8 Å². The third-order valence-electron chi connectivity index (χ3n) is 6.07. The summed E-state index contributed by atoms with van der Waals surface area (Å²) in [4.78, 5) is 35.2. The van der Waals surface area contributed by atoms with E-state index in [1.807, 2.05) is 43.3 Å². The molecule has 35 heavy (non-hydrogen) atoms. The molecule has 8 heteroatoms. The van der Waals surface area contributed by atoms with Gasteiger partial charge in [-0.15, -0.1) is 0 Å². The highest BCUT2D eigenvalue weighted by molar-refractivity contribution is 5.92. The van der Waals surface area contributed by atoms with Crippen molar-refractivity contribution in [3.05, 3.63) is 93.3 Å². The molecule has 1 fully saturated rings. The second-order valence-corrected chi connectivity index (χ2v) is 8.47. The number of aromatic nitrogens is 3. The number of nitriles is 1. The average molecular weight is 466 g/mol. The Morgan fingerprint density at radius 3 is 2.83 bits per heavy atom. The largest absolute Gasteiger partial charge is 0.376 e. The Hall–Kier alpha value is -4.35. The summed E-state index contributed by atoms with van der Waals surface area (Å²) >= 11 is 0. The van der Waals surface area contributed by atoms with Crippen molar-refractivity contribution in [2.75, 3.05) is 6.61 Å². The van der Waals surface area contributed by atoms with Gasteiger partial charge in [-0.1, -0.05) is 36.4 Å². The van der Waals surface area contributed by atoms with E-state index in [2.05, 4.69) is 11.1 Å². The molecule has 8 nitrogen and oxygen atoms in total. The third-order valence-corrected chi connectivity index (χ3v) is 6.07. The van der Waals surface area contributed by atoms with Gasteiger partial charge in [-0.3, -0.25) is 14.0 Å². The molecule has 4 heterocycles. The van der Waals surface area contributed by atoms with Crippen LogP contribution in [-0.2, 0) is 16.1 Å². The Labute approximate surface area is 201 Å². The molecule has 0 bridgehead atoms. The Kier molecular flexibility index (Phi) is 6.08. The van der Waals surface area contributed by atoms with Crippen LogP contribution < -0.4 is 11.0 Å². The van der Waals surface area contributed by atoms with Crippen molar-refractivity contribution in [3.8, 4) is 6.07 Å². The summed E-state index contributed by atoms with van der Waals surface area (Å²) < 4.78 is 8.99. The second-order valence-electron chi connectivity index (χ2n) is 8.47. The number of carbonyl (C=O) groups is 1. The zero-order chi connectivity index (χ0) is 24.4. The fourth-order valence-electron chi connectivity index (χ4n) is 4.33. The summed E-state index contributed by atoms with van der Waals surface area (Å²) in [6.07, 6.45) is 6.32. The minimum Gasteiger partial charge on any atom is -0.376 e. The van der Waals surface area contributed by atoms with E-state index in [1.165, 1.54) is 16.5 Å². The predicted octanol–water partition coefficient (Wildman–Crippen LogP) is 3.15. The van der Waals surface area contributed by atoms with E-state index in [9.17, 15) is 14.9 Å². The molecule has 174 valence electrons. The van der Waals surface area contributed by atoms with E-state index in [4.69, 9.17) is 9.72 Å². The van der Waals surface area contributed by atoms with Gasteiger partial charge in [0.05, 0.1) is 23.6 Å². The molecule has 1 atom stereocenters. The standard InChI is InChI=1S/C27H23N5O3/c1-18-7-5-13-31-24(18)30-26-22(27(31)34)15-20(16-28)25(32(26)17-21-10-6-14-35-21)29-23(33)12-11-19-8-3-2-4-9-19/h2-5,7-9,11-13,15,21H,6,10,14,17H2,1H3. The molecule has 1 saturated heterocycles. The first kappa shape index (κ1) is 22.4. The van der Waals surface area contributed by atoms with Gasteiger partial charge >= 0.3 is 0 Å². The highest BCUT2D eigenvalue weighted by atomic mass is 16.5. The Morgan fingerprint density at radius 2 is 2.09 bits per heavy atom. The molecule has 3 aromatic heterocycles. The van der Waals surface area contributed by atoms with E-state index in [-0.39, 0.29) is 28.1 Å². The summed E-state index contributed by atoms with van der Waals surface area (Å²) in [5.41, 5.74) is 2.59. The highest BCUT2D eigenvalue weighted by Crippen LogP contribution is 2.17. The minimum atomic E-state index is -0.514. The number of carbonyl (C=O) groups excluding carboxylic acids is 1. The van der Waals surface area contributed by atoms with Crippen molar-refractivity contribution in [2.24, 2.45) is 4.99 Å². The van der Waals surface area contributed by atoms with Gasteiger partial charge in [-0.05, 0) is 49.1 Å². The number of rotatable bonds is 4. The van der Waals surface area contributed by atoms with E-state index in [0.717, 1.165) is 24.0 Å².